The molecule has 1 aromatic carbocycles. The zero-order chi connectivity index (χ0) is 23.9. The van der Waals surface area contributed by atoms with E-state index in [1.54, 1.807) is 12.4 Å². The number of pyridine rings is 1. The van der Waals surface area contributed by atoms with Crippen LogP contribution >= 0.6 is 23.2 Å². The van der Waals surface area contributed by atoms with Crippen LogP contribution in [0, 0.1) is 0 Å². The quantitative estimate of drug-likeness (QED) is 0.369. The summed E-state index contributed by atoms with van der Waals surface area (Å²) in [6.07, 6.45) is 6.19. The number of amides is 1. The molecule has 0 saturated carbocycles. The summed E-state index contributed by atoms with van der Waals surface area (Å²) in [6, 6.07) is 5.59. The molecular formula is C24H23Cl2N7O2. The van der Waals surface area contributed by atoms with Crippen LogP contribution in [0.1, 0.15) is 36.2 Å². The van der Waals surface area contributed by atoms with E-state index in [0.717, 1.165) is 48.1 Å². The normalized spacial score (nSPS) is 17.7. The SMILES string of the molecule is O=C(C1CCCCN1)N1Cc2nc(-c3n[nH]c4ccc(OCc5c(Cl)cncc5Cl)cc34)[nH]c2C1. The molecule has 5 heterocycles. The second-order valence-electron chi connectivity index (χ2n) is 8.86. The first-order valence-electron chi connectivity index (χ1n) is 11.6. The minimum Gasteiger partial charge on any atom is -0.489 e. The van der Waals surface area contributed by atoms with Crippen molar-refractivity contribution >= 4 is 40.0 Å². The average molecular weight is 512 g/mol. The predicted molar refractivity (Wildman–Crippen MR) is 132 cm³/mol. The molecule has 11 heteroatoms. The number of benzene rings is 1. The number of hydrogen-bond donors (Lipinski definition) is 3. The Balaban J connectivity index is 1.20. The maximum absolute atomic E-state index is 12.9. The lowest BCUT2D eigenvalue weighted by Crippen LogP contribution is -2.46. The number of imidazole rings is 1. The molecular weight excluding hydrogens is 489 g/mol. The molecule has 35 heavy (non-hydrogen) atoms. The van der Waals surface area contributed by atoms with Crippen LogP contribution in [0.2, 0.25) is 10.0 Å². The van der Waals surface area contributed by atoms with E-state index in [9.17, 15) is 4.79 Å². The second-order valence-corrected chi connectivity index (χ2v) is 9.67. The lowest BCUT2D eigenvalue weighted by molar-refractivity contribution is -0.134. The Morgan fingerprint density at radius 2 is 2.03 bits per heavy atom. The zero-order valence-corrected chi connectivity index (χ0v) is 20.3. The third-order valence-corrected chi connectivity index (χ3v) is 7.22. The Hall–Kier alpha value is -3.14. The fourth-order valence-corrected chi connectivity index (χ4v) is 5.15. The summed E-state index contributed by atoms with van der Waals surface area (Å²) in [7, 11) is 0. The molecule has 1 unspecified atom stereocenters. The molecule has 2 aliphatic rings. The van der Waals surface area contributed by atoms with Crippen LogP contribution in [0.4, 0.5) is 0 Å². The number of halogens is 2. The third kappa shape index (κ3) is 4.24. The van der Waals surface area contributed by atoms with Gasteiger partial charge in [-0.15, -0.1) is 0 Å². The number of aromatic nitrogens is 5. The van der Waals surface area contributed by atoms with Crippen molar-refractivity contribution in [2.75, 3.05) is 6.54 Å². The van der Waals surface area contributed by atoms with E-state index >= 15 is 0 Å². The molecule has 2 aliphatic heterocycles. The largest absolute Gasteiger partial charge is 0.489 e. The lowest BCUT2D eigenvalue weighted by atomic mass is 10.0. The first kappa shape index (κ1) is 22.3. The van der Waals surface area contributed by atoms with E-state index in [4.69, 9.17) is 32.9 Å². The maximum Gasteiger partial charge on any atom is 0.240 e. The number of nitrogens with zero attached hydrogens (tertiary/aromatic N) is 4. The van der Waals surface area contributed by atoms with Gasteiger partial charge in [0.1, 0.15) is 18.1 Å². The van der Waals surface area contributed by atoms with Gasteiger partial charge in [0, 0.05) is 23.3 Å². The van der Waals surface area contributed by atoms with Crippen LogP contribution < -0.4 is 10.1 Å². The van der Waals surface area contributed by atoms with Gasteiger partial charge < -0.3 is 19.9 Å². The van der Waals surface area contributed by atoms with Gasteiger partial charge in [-0.3, -0.25) is 14.9 Å². The smallest absolute Gasteiger partial charge is 0.240 e. The first-order valence-corrected chi connectivity index (χ1v) is 12.3. The van der Waals surface area contributed by atoms with Crippen molar-refractivity contribution in [3.05, 3.63) is 57.6 Å². The molecule has 9 nitrogen and oxygen atoms in total. The fraction of sp³-hybridized carbons (Fsp3) is 0.333. The Bertz CT molecular complexity index is 1370. The maximum atomic E-state index is 12.9. The summed E-state index contributed by atoms with van der Waals surface area (Å²) in [5.41, 5.74) is 4.08. The lowest BCUT2D eigenvalue weighted by Gasteiger charge is -2.27. The van der Waals surface area contributed by atoms with E-state index in [-0.39, 0.29) is 18.6 Å². The van der Waals surface area contributed by atoms with Crippen molar-refractivity contribution in [3.8, 4) is 17.3 Å². The third-order valence-electron chi connectivity index (χ3n) is 6.57. The van der Waals surface area contributed by atoms with Crippen molar-refractivity contribution in [2.45, 2.75) is 45.0 Å². The van der Waals surface area contributed by atoms with E-state index in [0.29, 0.717) is 46.0 Å². The second kappa shape index (κ2) is 9.14. The van der Waals surface area contributed by atoms with Gasteiger partial charge in [-0.05, 0) is 37.6 Å². The highest BCUT2D eigenvalue weighted by molar-refractivity contribution is 6.35. The highest BCUT2D eigenvalue weighted by Crippen LogP contribution is 2.32. The van der Waals surface area contributed by atoms with Crippen LogP contribution in [0.25, 0.3) is 22.4 Å². The Labute approximate surface area is 211 Å². The van der Waals surface area contributed by atoms with E-state index in [2.05, 4.69) is 25.5 Å². The van der Waals surface area contributed by atoms with E-state index in [1.807, 2.05) is 23.1 Å². The molecule has 1 amide bonds. The van der Waals surface area contributed by atoms with E-state index < -0.39 is 0 Å². The highest BCUT2D eigenvalue weighted by atomic mass is 35.5. The van der Waals surface area contributed by atoms with Gasteiger partial charge in [-0.25, -0.2) is 4.98 Å². The van der Waals surface area contributed by atoms with Crippen molar-refractivity contribution in [1.82, 2.24) is 35.4 Å². The topological polar surface area (TPSA) is 112 Å². The minimum atomic E-state index is -0.0853. The fourth-order valence-electron chi connectivity index (χ4n) is 4.68. The number of H-pyrrole nitrogens is 2. The molecule has 0 radical (unpaired) electrons. The van der Waals surface area contributed by atoms with Gasteiger partial charge >= 0.3 is 0 Å². The van der Waals surface area contributed by atoms with Crippen LogP contribution in [-0.4, -0.2) is 48.5 Å². The van der Waals surface area contributed by atoms with Crippen molar-refractivity contribution in [2.24, 2.45) is 0 Å². The molecule has 1 atom stereocenters. The molecule has 0 spiro atoms. The summed E-state index contributed by atoms with van der Waals surface area (Å²) < 4.78 is 5.96. The number of hydrogen-bond acceptors (Lipinski definition) is 6. The van der Waals surface area contributed by atoms with Crippen LogP contribution in [0.5, 0.6) is 5.75 Å². The van der Waals surface area contributed by atoms with Crippen molar-refractivity contribution in [3.63, 3.8) is 0 Å². The number of carbonyl (C=O) groups excluding carboxylic acids is 1. The average Bonchev–Trinajstić information content (AvgIpc) is 3.56. The Morgan fingerprint density at radius 1 is 1.17 bits per heavy atom. The van der Waals surface area contributed by atoms with Crippen molar-refractivity contribution in [1.29, 1.82) is 0 Å². The molecule has 180 valence electrons. The van der Waals surface area contributed by atoms with Gasteiger partial charge in [-0.1, -0.05) is 29.6 Å². The molecule has 4 aromatic rings. The van der Waals surface area contributed by atoms with Crippen LogP contribution in [-0.2, 0) is 24.5 Å². The Kier molecular flexibility index (Phi) is 5.83. The van der Waals surface area contributed by atoms with Gasteiger partial charge in [0.2, 0.25) is 5.91 Å². The molecule has 1 saturated heterocycles. The molecule has 0 bridgehead atoms. The monoisotopic (exact) mass is 511 g/mol. The molecule has 0 aliphatic carbocycles. The van der Waals surface area contributed by atoms with Crippen molar-refractivity contribution < 1.29 is 9.53 Å². The van der Waals surface area contributed by atoms with Crippen LogP contribution in [0.3, 0.4) is 0 Å². The predicted octanol–water partition coefficient (Wildman–Crippen LogP) is 4.22. The number of carbonyl (C=O) groups is 1. The zero-order valence-electron chi connectivity index (χ0n) is 18.8. The summed E-state index contributed by atoms with van der Waals surface area (Å²) in [4.78, 5) is 26.9. The number of fused-ring (bicyclic) bond motifs is 2. The minimum absolute atomic E-state index is 0.0853. The van der Waals surface area contributed by atoms with Gasteiger partial charge in [-0.2, -0.15) is 5.10 Å². The molecule has 1 fully saturated rings. The molecule has 3 N–H and O–H groups in total. The summed E-state index contributed by atoms with van der Waals surface area (Å²) in [6.45, 7) is 2.16. The molecule has 3 aromatic heterocycles. The first-order chi connectivity index (χ1) is 17.1. The van der Waals surface area contributed by atoms with E-state index in [1.165, 1.54) is 0 Å². The standard InChI is InChI=1S/C24H23Cl2N7O2/c25-16-8-27-9-17(26)15(16)12-35-13-4-5-18-14(7-13)22(32-31-18)23-29-20-10-33(11-21(20)30-23)24(34)19-3-1-2-6-28-19/h4-5,7-9,19,28H,1-3,6,10-12H2,(H,29,30)(H,31,32). The number of aromatic amines is 2. The number of ether oxygens (including phenoxy) is 1. The van der Waals surface area contributed by atoms with Gasteiger partial charge in [0.15, 0.2) is 5.82 Å². The molecule has 6 rings (SSSR count). The number of nitrogens with one attached hydrogen (secondary N) is 3. The summed E-state index contributed by atoms with van der Waals surface area (Å²) in [5, 5.41) is 12.7. The van der Waals surface area contributed by atoms with Gasteiger partial charge in [0.05, 0.1) is 46.1 Å². The highest BCUT2D eigenvalue weighted by Gasteiger charge is 2.32. The number of piperidine rings is 1. The van der Waals surface area contributed by atoms with Gasteiger partial charge in [0.25, 0.3) is 0 Å². The Morgan fingerprint density at radius 3 is 2.80 bits per heavy atom. The summed E-state index contributed by atoms with van der Waals surface area (Å²) >= 11 is 12.4. The van der Waals surface area contributed by atoms with Crippen LogP contribution in [0.15, 0.2) is 30.6 Å². The summed E-state index contributed by atoms with van der Waals surface area (Å²) in [5.74, 6) is 1.47. The number of rotatable bonds is 5.